The van der Waals surface area contributed by atoms with E-state index in [0.29, 0.717) is 31.6 Å². The van der Waals surface area contributed by atoms with Crippen LogP contribution in [0.3, 0.4) is 0 Å². The molecule has 0 saturated heterocycles. The number of methoxy groups -OCH3 is 2. The van der Waals surface area contributed by atoms with Gasteiger partial charge in [-0.25, -0.2) is 9.37 Å². The third-order valence-electron chi connectivity index (χ3n) is 3.27. The molecule has 1 fully saturated rings. The molecule has 0 spiro atoms. The molecule has 0 aliphatic heterocycles. The summed E-state index contributed by atoms with van der Waals surface area (Å²) in [7, 11) is 3.27. The molecular weight excluding hydrogens is 261 g/mol. The number of hydrogen-bond acceptors (Lipinski definition) is 5. The Morgan fingerprint density at radius 3 is 2.90 bits per heavy atom. The first-order chi connectivity index (χ1) is 9.72. The van der Waals surface area contributed by atoms with Crippen LogP contribution in [0, 0.1) is 5.82 Å². The van der Waals surface area contributed by atoms with Gasteiger partial charge in [-0.1, -0.05) is 0 Å². The predicted molar refractivity (Wildman–Crippen MR) is 75.2 cm³/mol. The van der Waals surface area contributed by atoms with Crippen LogP contribution in [-0.4, -0.2) is 44.5 Å². The van der Waals surface area contributed by atoms with Crippen molar-refractivity contribution in [1.82, 2.24) is 10.3 Å². The van der Waals surface area contributed by atoms with Crippen molar-refractivity contribution >= 4 is 5.82 Å². The molecule has 0 aromatic carbocycles. The van der Waals surface area contributed by atoms with Crippen LogP contribution in [0.1, 0.15) is 18.4 Å². The lowest BCUT2D eigenvalue weighted by Gasteiger charge is -2.17. The first-order valence-electron chi connectivity index (χ1n) is 6.86. The molecule has 1 aromatic heterocycles. The van der Waals surface area contributed by atoms with E-state index in [1.54, 1.807) is 14.2 Å². The second-order valence-electron chi connectivity index (χ2n) is 5.01. The normalized spacial score (nSPS) is 16.1. The van der Waals surface area contributed by atoms with Crippen LogP contribution < -0.4 is 10.6 Å². The van der Waals surface area contributed by atoms with Crippen LogP contribution in [0.5, 0.6) is 0 Å². The Kier molecular flexibility index (Phi) is 5.70. The summed E-state index contributed by atoms with van der Waals surface area (Å²) in [6.07, 6.45) is 3.56. The summed E-state index contributed by atoms with van der Waals surface area (Å²) in [5.74, 6) is 0.376. The lowest BCUT2D eigenvalue weighted by Crippen LogP contribution is -2.27. The zero-order chi connectivity index (χ0) is 14.4. The number of pyridine rings is 1. The van der Waals surface area contributed by atoms with E-state index in [2.05, 4.69) is 15.6 Å². The van der Waals surface area contributed by atoms with Crippen LogP contribution in [0.2, 0.25) is 0 Å². The zero-order valence-corrected chi connectivity index (χ0v) is 12.0. The first-order valence-corrected chi connectivity index (χ1v) is 6.86. The third-order valence-corrected chi connectivity index (χ3v) is 3.27. The van der Waals surface area contributed by atoms with Crippen LogP contribution in [0.15, 0.2) is 12.3 Å². The fourth-order valence-corrected chi connectivity index (χ4v) is 1.92. The number of aromatic nitrogens is 1. The Balaban J connectivity index is 1.93. The number of ether oxygens (including phenoxy) is 2. The van der Waals surface area contributed by atoms with Gasteiger partial charge in [-0.05, 0) is 18.9 Å². The van der Waals surface area contributed by atoms with Crippen molar-refractivity contribution in [3.8, 4) is 0 Å². The molecule has 1 aliphatic carbocycles. The molecule has 2 rings (SSSR count). The standard InChI is InChI=1S/C14H22FN3O2/c1-19-9-13(20-2)8-18-14-10(5-11(15)7-17-14)6-16-12-3-4-12/h5,7,12-13,16H,3-4,6,8-9H2,1-2H3,(H,17,18). The monoisotopic (exact) mass is 283 g/mol. The van der Waals surface area contributed by atoms with Gasteiger partial charge in [0.2, 0.25) is 0 Å². The van der Waals surface area contributed by atoms with Crippen molar-refractivity contribution in [2.24, 2.45) is 0 Å². The largest absolute Gasteiger partial charge is 0.382 e. The molecule has 1 unspecified atom stereocenters. The fourth-order valence-electron chi connectivity index (χ4n) is 1.92. The van der Waals surface area contributed by atoms with Crippen LogP contribution in [-0.2, 0) is 16.0 Å². The zero-order valence-electron chi connectivity index (χ0n) is 12.0. The minimum absolute atomic E-state index is 0.0592. The third kappa shape index (κ3) is 4.70. The maximum absolute atomic E-state index is 13.3. The molecule has 0 amide bonds. The minimum Gasteiger partial charge on any atom is -0.382 e. The highest BCUT2D eigenvalue weighted by Crippen LogP contribution is 2.21. The van der Waals surface area contributed by atoms with Crippen molar-refractivity contribution < 1.29 is 13.9 Å². The Bertz CT molecular complexity index is 427. The Hall–Kier alpha value is -1.24. The highest BCUT2D eigenvalue weighted by molar-refractivity contribution is 5.44. The number of hydrogen-bond donors (Lipinski definition) is 2. The van der Waals surface area contributed by atoms with Gasteiger partial charge in [-0.3, -0.25) is 0 Å². The molecule has 20 heavy (non-hydrogen) atoms. The molecule has 6 heteroatoms. The van der Waals surface area contributed by atoms with Crippen LogP contribution >= 0.6 is 0 Å². The molecule has 0 bridgehead atoms. The quantitative estimate of drug-likeness (QED) is 0.720. The summed E-state index contributed by atoms with van der Waals surface area (Å²) in [6.45, 7) is 1.69. The van der Waals surface area contributed by atoms with Crippen LogP contribution in [0.25, 0.3) is 0 Å². The molecular formula is C14H22FN3O2. The molecule has 1 saturated carbocycles. The second kappa shape index (κ2) is 7.52. The van der Waals surface area contributed by atoms with Gasteiger partial charge in [0.05, 0.1) is 18.9 Å². The van der Waals surface area contributed by atoms with Crippen molar-refractivity contribution in [2.75, 3.05) is 32.7 Å². The summed E-state index contributed by atoms with van der Waals surface area (Å²) in [5.41, 5.74) is 0.837. The molecule has 5 nitrogen and oxygen atoms in total. The summed E-state index contributed by atoms with van der Waals surface area (Å²) < 4.78 is 23.7. The van der Waals surface area contributed by atoms with Crippen molar-refractivity contribution in [1.29, 1.82) is 0 Å². The van der Waals surface area contributed by atoms with Gasteiger partial charge in [-0.15, -0.1) is 0 Å². The van der Waals surface area contributed by atoms with Gasteiger partial charge in [0, 0.05) is 38.9 Å². The van der Waals surface area contributed by atoms with Gasteiger partial charge in [0.25, 0.3) is 0 Å². The molecule has 1 heterocycles. The Morgan fingerprint density at radius 2 is 2.25 bits per heavy atom. The highest BCUT2D eigenvalue weighted by Gasteiger charge is 2.21. The van der Waals surface area contributed by atoms with E-state index in [-0.39, 0.29) is 11.9 Å². The van der Waals surface area contributed by atoms with E-state index < -0.39 is 0 Å². The molecule has 112 valence electrons. The predicted octanol–water partition coefficient (Wildman–Crippen LogP) is 1.55. The minimum atomic E-state index is -0.316. The first kappa shape index (κ1) is 15.2. The number of nitrogens with zero attached hydrogens (tertiary/aromatic N) is 1. The van der Waals surface area contributed by atoms with Gasteiger partial charge < -0.3 is 20.1 Å². The van der Waals surface area contributed by atoms with Gasteiger partial charge in [-0.2, -0.15) is 0 Å². The van der Waals surface area contributed by atoms with Crippen molar-refractivity contribution in [3.05, 3.63) is 23.6 Å². The van der Waals surface area contributed by atoms with Crippen molar-refractivity contribution in [2.45, 2.75) is 31.5 Å². The summed E-state index contributed by atoms with van der Waals surface area (Å²) in [6, 6.07) is 2.09. The maximum atomic E-state index is 13.3. The number of halogens is 1. The summed E-state index contributed by atoms with van der Waals surface area (Å²) >= 11 is 0. The average Bonchev–Trinajstić information content (AvgIpc) is 3.26. The average molecular weight is 283 g/mol. The lowest BCUT2D eigenvalue weighted by atomic mass is 10.2. The lowest BCUT2D eigenvalue weighted by molar-refractivity contribution is 0.0365. The topological polar surface area (TPSA) is 55.4 Å². The molecule has 0 radical (unpaired) electrons. The second-order valence-corrected chi connectivity index (χ2v) is 5.01. The van der Waals surface area contributed by atoms with E-state index in [4.69, 9.17) is 9.47 Å². The number of rotatable bonds is 9. The van der Waals surface area contributed by atoms with Crippen molar-refractivity contribution in [3.63, 3.8) is 0 Å². The van der Waals surface area contributed by atoms with E-state index in [9.17, 15) is 4.39 Å². The van der Waals surface area contributed by atoms with Crippen LogP contribution in [0.4, 0.5) is 10.2 Å². The number of anilines is 1. The van der Waals surface area contributed by atoms with E-state index in [0.717, 1.165) is 5.56 Å². The number of nitrogens with one attached hydrogen (secondary N) is 2. The summed E-state index contributed by atoms with van der Waals surface area (Å²) in [5, 5.41) is 6.56. The van der Waals surface area contributed by atoms with Gasteiger partial charge in [0.1, 0.15) is 11.6 Å². The Labute approximate surface area is 118 Å². The SMILES string of the molecule is COCC(CNc1ncc(F)cc1CNC1CC1)OC. The molecule has 1 aliphatic rings. The highest BCUT2D eigenvalue weighted by atomic mass is 19.1. The van der Waals surface area contributed by atoms with E-state index in [1.807, 2.05) is 0 Å². The molecule has 2 N–H and O–H groups in total. The smallest absolute Gasteiger partial charge is 0.141 e. The maximum Gasteiger partial charge on any atom is 0.141 e. The summed E-state index contributed by atoms with van der Waals surface area (Å²) in [4.78, 5) is 4.12. The van der Waals surface area contributed by atoms with E-state index >= 15 is 0 Å². The molecule has 1 aromatic rings. The molecule has 1 atom stereocenters. The van der Waals surface area contributed by atoms with Gasteiger partial charge >= 0.3 is 0 Å². The Morgan fingerprint density at radius 1 is 1.45 bits per heavy atom. The van der Waals surface area contributed by atoms with E-state index in [1.165, 1.54) is 25.1 Å². The van der Waals surface area contributed by atoms with Gasteiger partial charge in [0.15, 0.2) is 0 Å². The fraction of sp³-hybridized carbons (Fsp3) is 0.643.